The first-order valence-corrected chi connectivity index (χ1v) is 14.5. The second kappa shape index (κ2) is 10.4. The summed E-state index contributed by atoms with van der Waals surface area (Å²) < 4.78 is 1.69. The van der Waals surface area contributed by atoms with Crippen molar-refractivity contribution in [3.63, 3.8) is 0 Å². The highest BCUT2D eigenvalue weighted by Gasteiger charge is 2.51. The van der Waals surface area contributed by atoms with Crippen molar-refractivity contribution in [3.8, 4) is 17.5 Å². The molecule has 42 heavy (non-hydrogen) atoms. The third-order valence-electron chi connectivity index (χ3n) is 9.12. The fraction of sp³-hybridized carbons (Fsp3) is 0.387. The van der Waals surface area contributed by atoms with Crippen molar-refractivity contribution in [2.45, 2.75) is 25.3 Å². The molecule has 1 unspecified atom stereocenters. The molecule has 1 aromatic heterocycles. The van der Waals surface area contributed by atoms with Gasteiger partial charge in [0.1, 0.15) is 12.4 Å². The Morgan fingerprint density at radius 1 is 1.12 bits per heavy atom. The number of benzene rings is 2. The molecule has 0 saturated carbocycles. The van der Waals surface area contributed by atoms with Crippen LogP contribution in [0.15, 0.2) is 54.9 Å². The number of carbonyl (C=O) groups is 2. The lowest BCUT2D eigenvalue weighted by atomic mass is 9.85. The number of hydrogen-bond donors (Lipinski definition) is 2. The summed E-state index contributed by atoms with van der Waals surface area (Å²) >= 11 is 0. The lowest BCUT2D eigenvalue weighted by Crippen LogP contribution is -2.43. The molecule has 11 nitrogen and oxygen atoms in total. The van der Waals surface area contributed by atoms with E-state index in [0.717, 1.165) is 53.9 Å². The Morgan fingerprint density at radius 3 is 2.67 bits per heavy atom. The number of amides is 2. The molecule has 5 heterocycles. The van der Waals surface area contributed by atoms with Gasteiger partial charge in [0.25, 0.3) is 0 Å². The molecule has 4 aliphatic heterocycles. The number of hydrogen-bond acceptors (Lipinski definition) is 8. The molecule has 7 rings (SSSR count). The minimum absolute atomic E-state index is 0.113. The lowest BCUT2D eigenvalue weighted by Gasteiger charge is -2.29. The quantitative estimate of drug-likeness (QED) is 0.486. The molecule has 2 fully saturated rings. The first-order chi connectivity index (χ1) is 20.4. The van der Waals surface area contributed by atoms with Gasteiger partial charge in [-0.3, -0.25) is 19.2 Å². The molecule has 1 spiro atoms. The van der Waals surface area contributed by atoms with Crippen LogP contribution in [0.1, 0.15) is 36.4 Å². The number of likely N-dealkylation sites (tertiary alicyclic amines) is 1. The molecule has 0 bridgehead atoms. The average molecular weight is 564 g/mol. The fourth-order valence-electron chi connectivity index (χ4n) is 6.69. The number of carbonyl (C=O) groups excluding carboxylic acids is 2. The van der Waals surface area contributed by atoms with Gasteiger partial charge in [-0.2, -0.15) is 10.4 Å². The molecule has 0 aliphatic carbocycles. The van der Waals surface area contributed by atoms with Gasteiger partial charge in [0.15, 0.2) is 5.82 Å². The van der Waals surface area contributed by atoms with Gasteiger partial charge in [0.05, 0.1) is 23.7 Å². The van der Waals surface area contributed by atoms with Gasteiger partial charge in [0.2, 0.25) is 11.8 Å². The van der Waals surface area contributed by atoms with E-state index in [9.17, 15) is 14.9 Å². The minimum Gasteiger partial charge on any atom is -0.338 e. The van der Waals surface area contributed by atoms with Gasteiger partial charge >= 0.3 is 0 Å². The van der Waals surface area contributed by atoms with Crippen molar-refractivity contribution in [1.29, 1.82) is 5.26 Å². The van der Waals surface area contributed by atoms with E-state index in [1.54, 1.807) is 11.0 Å². The molecule has 0 radical (unpaired) electrons. The van der Waals surface area contributed by atoms with Crippen LogP contribution in [0.5, 0.6) is 0 Å². The predicted octanol–water partition coefficient (Wildman–Crippen LogP) is 2.72. The smallest absolute Gasteiger partial charge is 0.237 e. The monoisotopic (exact) mass is 563 g/mol. The molecule has 11 heteroatoms. The second-order valence-electron chi connectivity index (χ2n) is 11.7. The van der Waals surface area contributed by atoms with Crippen LogP contribution in [0.4, 0.5) is 11.4 Å². The summed E-state index contributed by atoms with van der Waals surface area (Å²) in [6.45, 7) is 3.61. The SMILES string of the molecule is Cn1cnc(-c2ccc(C3=CCN(C(=O)CN4CC[C@]5(CCN(c6ccc7c(c6)C(C#N)NN7)C5=O)C4)CC3)cc2)n1. The van der Waals surface area contributed by atoms with Crippen LogP contribution in [-0.4, -0.2) is 75.6 Å². The highest BCUT2D eigenvalue weighted by Crippen LogP contribution is 2.43. The van der Waals surface area contributed by atoms with Crippen molar-refractivity contribution in [3.05, 3.63) is 66.0 Å². The van der Waals surface area contributed by atoms with E-state index in [2.05, 4.69) is 50.1 Å². The normalized spacial score (nSPS) is 23.7. The summed E-state index contributed by atoms with van der Waals surface area (Å²) in [6, 6.07) is 15.9. The third kappa shape index (κ3) is 4.62. The molecule has 214 valence electrons. The Hall–Kier alpha value is -4.53. The molecule has 2 atom stereocenters. The summed E-state index contributed by atoms with van der Waals surface area (Å²) in [7, 11) is 1.85. The summed E-state index contributed by atoms with van der Waals surface area (Å²) in [6.07, 6.45) is 6.19. The number of aromatic nitrogens is 3. The highest BCUT2D eigenvalue weighted by atomic mass is 16.2. The minimum atomic E-state index is -0.448. The maximum atomic E-state index is 13.7. The number of anilines is 2. The van der Waals surface area contributed by atoms with Crippen molar-refractivity contribution in [2.75, 3.05) is 49.6 Å². The number of hydrazine groups is 1. The number of nitrogens with zero attached hydrogens (tertiary/aromatic N) is 7. The second-order valence-corrected chi connectivity index (χ2v) is 11.7. The zero-order chi connectivity index (χ0) is 28.8. The number of nitrogens with one attached hydrogen (secondary N) is 2. The molecular weight excluding hydrogens is 530 g/mol. The number of nitriles is 1. The molecule has 2 amide bonds. The van der Waals surface area contributed by atoms with E-state index in [1.165, 1.54) is 5.57 Å². The standard InChI is InChI=1S/C31H33N9O2/c1-37-20-33-29(36-37)23-4-2-21(3-5-23)22-8-12-39(13-9-22)28(41)18-38-14-10-31(19-38)11-15-40(30(31)42)24-6-7-26-25(16-24)27(17-32)35-34-26/h2-8,16,20,27,34-35H,9-15,18-19H2,1H3/t27?,31-/m0/s1. The number of aryl methyl sites for hydroxylation is 1. The van der Waals surface area contributed by atoms with Crippen LogP contribution in [-0.2, 0) is 16.6 Å². The van der Waals surface area contributed by atoms with Crippen LogP contribution >= 0.6 is 0 Å². The Morgan fingerprint density at radius 2 is 1.93 bits per heavy atom. The number of rotatable bonds is 5. The average Bonchev–Trinajstić information content (AvgIpc) is 3.81. The Balaban J connectivity index is 0.949. The van der Waals surface area contributed by atoms with Gasteiger partial charge in [-0.15, -0.1) is 0 Å². The Bertz CT molecular complexity index is 1620. The zero-order valence-corrected chi connectivity index (χ0v) is 23.6. The molecule has 4 aliphatic rings. The van der Waals surface area contributed by atoms with E-state index in [0.29, 0.717) is 38.5 Å². The van der Waals surface area contributed by atoms with E-state index in [4.69, 9.17) is 0 Å². The molecule has 2 saturated heterocycles. The van der Waals surface area contributed by atoms with E-state index in [-0.39, 0.29) is 11.8 Å². The number of fused-ring (bicyclic) bond motifs is 1. The maximum absolute atomic E-state index is 13.7. The molecule has 3 aromatic rings. The van der Waals surface area contributed by atoms with Crippen LogP contribution in [0.3, 0.4) is 0 Å². The molecule has 2 aromatic carbocycles. The van der Waals surface area contributed by atoms with Gasteiger partial charge in [-0.05, 0) is 55.1 Å². The van der Waals surface area contributed by atoms with Gasteiger partial charge in [-0.25, -0.2) is 10.4 Å². The summed E-state index contributed by atoms with van der Waals surface area (Å²) in [5, 5.41) is 13.8. The Kier molecular flexibility index (Phi) is 6.52. The first kappa shape index (κ1) is 26.4. The van der Waals surface area contributed by atoms with Crippen LogP contribution in [0.25, 0.3) is 17.0 Å². The first-order valence-electron chi connectivity index (χ1n) is 14.5. The van der Waals surface area contributed by atoms with Crippen molar-refractivity contribution in [1.82, 2.24) is 30.0 Å². The highest BCUT2D eigenvalue weighted by molar-refractivity contribution is 6.00. The Labute approximate surface area is 244 Å². The lowest BCUT2D eigenvalue weighted by molar-refractivity contribution is -0.132. The summed E-state index contributed by atoms with van der Waals surface area (Å²) in [5.74, 6) is 0.948. The van der Waals surface area contributed by atoms with E-state index < -0.39 is 11.5 Å². The van der Waals surface area contributed by atoms with Crippen molar-refractivity contribution in [2.24, 2.45) is 12.5 Å². The van der Waals surface area contributed by atoms with Gasteiger partial charge in [-0.1, -0.05) is 30.3 Å². The van der Waals surface area contributed by atoms with Gasteiger partial charge < -0.3 is 15.2 Å². The van der Waals surface area contributed by atoms with Crippen molar-refractivity contribution >= 4 is 28.8 Å². The van der Waals surface area contributed by atoms with E-state index >= 15 is 0 Å². The van der Waals surface area contributed by atoms with Crippen molar-refractivity contribution < 1.29 is 9.59 Å². The third-order valence-corrected chi connectivity index (χ3v) is 9.12. The zero-order valence-electron chi connectivity index (χ0n) is 23.6. The topological polar surface area (TPSA) is 122 Å². The van der Waals surface area contributed by atoms with E-state index in [1.807, 2.05) is 47.2 Å². The summed E-state index contributed by atoms with van der Waals surface area (Å²) in [4.78, 5) is 37.2. The van der Waals surface area contributed by atoms with Crippen LogP contribution in [0.2, 0.25) is 0 Å². The largest absolute Gasteiger partial charge is 0.338 e. The summed E-state index contributed by atoms with van der Waals surface area (Å²) in [5.41, 5.74) is 11.5. The fourth-order valence-corrected chi connectivity index (χ4v) is 6.69. The van der Waals surface area contributed by atoms with Crippen LogP contribution in [0, 0.1) is 16.7 Å². The maximum Gasteiger partial charge on any atom is 0.237 e. The molecular formula is C31H33N9O2. The van der Waals surface area contributed by atoms with Gasteiger partial charge in [0, 0.05) is 50.0 Å². The molecule has 2 N–H and O–H groups in total. The predicted molar refractivity (Wildman–Crippen MR) is 158 cm³/mol. The van der Waals surface area contributed by atoms with Crippen LogP contribution < -0.4 is 15.8 Å².